The van der Waals surface area contributed by atoms with Gasteiger partial charge >= 0.3 is 75.0 Å². The maximum atomic E-state index is 9.16. The maximum Gasteiger partial charge on any atom is 1.00 e. The summed E-state index contributed by atoms with van der Waals surface area (Å²) in [6.45, 7) is 0. The summed E-state index contributed by atoms with van der Waals surface area (Å²) in [5.74, 6) is 0. The molecule has 0 spiro atoms. The van der Waals surface area contributed by atoms with Gasteiger partial charge in [-0.3, -0.25) is 0 Å². The maximum absolute atomic E-state index is 9.16. The van der Waals surface area contributed by atoms with Crippen LogP contribution in [0.3, 0.4) is 0 Å². The summed E-state index contributed by atoms with van der Waals surface area (Å²) in [4.78, 5) is 0. The zero-order chi connectivity index (χ0) is 4.50. The molecule has 0 rings (SSSR count). The normalized spacial score (nSPS) is 5.80. The van der Waals surface area contributed by atoms with Gasteiger partial charge in [-0.25, -0.2) is 0 Å². The van der Waals surface area contributed by atoms with Crippen LogP contribution in [0, 0.1) is 0 Å². The van der Waals surface area contributed by atoms with Crippen LogP contribution >= 0.6 is 0 Å². The Morgan fingerprint density at radius 2 is 1.40 bits per heavy atom. The molecule has 65 valence electrons. The largest absolute Gasteiger partial charge is 1.00 e. The van der Waals surface area contributed by atoms with Gasteiger partial charge in [0.05, 0.1) is 0 Å². The van der Waals surface area contributed by atoms with Gasteiger partial charge in [-0.15, -0.1) is 0 Å². The van der Waals surface area contributed by atoms with Gasteiger partial charge in [0.1, 0.15) is 0 Å². The van der Waals surface area contributed by atoms with Gasteiger partial charge in [0, 0.05) is 65.3 Å². The van der Waals surface area contributed by atoms with Crippen LogP contribution in [0.25, 0.3) is 0 Å². The average Bonchev–Trinajstić information content (AvgIpc) is 0.722. The molecule has 0 saturated carbocycles. The molecule has 10 heteroatoms. The summed E-state index contributed by atoms with van der Waals surface area (Å²) in [6.07, 6.45) is 0. The molecule has 1 N–H and O–H groups in total. The fourth-order valence-corrected chi connectivity index (χ4v) is 0. The van der Waals surface area contributed by atoms with Crippen molar-refractivity contribution in [3.05, 3.63) is 0 Å². The second kappa shape index (κ2) is 18.6. The molecule has 3 nitrogen and oxygen atoms in total. The first kappa shape index (κ1) is 37.2. The van der Waals surface area contributed by atoms with Crippen LogP contribution in [0.1, 0.15) is 1.43 Å². The van der Waals surface area contributed by atoms with E-state index in [1.807, 2.05) is 0 Å². The standard InChI is InChI=1S/Ag.Cu.Ga.In.Li.H2O3SSe.4H/c;;;;;1-4(2,3)5;;;;/h;;;;;(H2,1,2,3,5);;;;/q;;;;+1;;;;;-1. The fraction of sp³-hybridized carbons (Fsp3) is 0. The molecule has 0 atom stereocenters. The van der Waals surface area contributed by atoms with Gasteiger partial charge in [0.25, 0.3) is 0 Å². The van der Waals surface area contributed by atoms with E-state index >= 15 is 0 Å². The predicted octanol–water partition coefficient (Wildman–Crippen LogP) is -5.76. The Hall–Kier alpha value is 3.79. The number of hydrogen-bond donors (Lipinski definition) is 1. The Morgan fingerprint density at radius 1 is 1.40 bits per heavy atom. The third kappa shape index (κ3) is 95.5. The molecule has 0 aromatic rings. The van der Waals surface area contributed by atoms with E-state index in [0.717, 1.165) is 14.9 Å². The quantitative estimate of drug-likeness (QED) is 0.252. The third-order valence-electron chi connectivity index (χ3n) is 0. The van der Waals surface area contributed by atoms with E-state index < -0.39 is 8.54 Å². The van der Waals surface area contributed by atoms with E-state index in [0.29, 0.717) is 0 Å². The van der Waals surface area contributed by atoms with E-state index in [4.69, 9.17) is 13.0 Å². The van der Waals surface area contributed by atoms with E-state index in [9.17, 15) is 0 Å². The van der Waals surface area contributed by atoms with Crippen molar-refractivity contribution in [3.63, 3.8) is 0 Å². The zero-order valence-corrected chi connectivity index (χ0v) is 12.7. The van der Waals surface area contributed by atoms with Crippen molar-refractivity contribution in [1.82, 2.24) is 0 Å². The SMILES string of the molecule is O=S(=O)(O)[SeH].[Ag].[Cu].[GaH3].[H-].[In].[Li+]. The molecule has 0 aromatic heterocycles. The van der Waals surface area contributed by atoms with E-state index in [2.05, 4.69) is 0 Å². The van der Waals surface area contributed by atoms with E-state index in [-0.39, 0.29) is 105 Å². The van der Waals surface area contributed by atoms with Crippen molar-refractivity contribution in [1.29, 1.82) is 0 Å². The summed E-state index contributed by atoms with van der Waals surface area (Å²) in [6, 6.07) is 0. The monoisotopic (exact) mass is 527 g/mol. The molecule has 0 amide bonds. The topological polar surface area (TPSA) is 54.4 Å². The van der Waals surface area contributed by atoms with Gasteiger partial charge in [-0.05, 0) is 0 Å². The van der Waals surface area contributed by atoms with Crippen LogP contribution < -0.4 is 18.9 Å². The number of rotatable bonds is 0. The smallest absolute Gasteiger partial charge is 1.00 e. The summed E-state index contributed by atoms with van der Waals surface area (Å²) in [5, 5.41) is 0. The molecule has 0 saturated heterocycles. The summed E-state index contributed by atoms with van der Waals surface area (Å²) < 4.78 is 25.8. The van der Waals surface area contributed by atoms with Crippen LogP contribution in [-0.2, 0) is 48.0 Å². The molecule has 0 aliphatic rings. The average molecular weight is 528 g/mol. The Morgan fingerprint density at radius 3 is 1.40 bits per heavy atom. The van der Waals surface area contributed by atoms with Crippen molar-refractivity contribution in [2.75, 3.05) is 0 Å². The summed E-state index contributed by atoms with van der Waals surface area (Å²) >= 11 is 1.11. The van der Waals surface area contributed by atoms with Gasteiger partial charge in [0.15, 0.2) is 0 Å². The Kier molecular flexibility index (Phi) is 69.0. The molecular weight excluding hydrogens is 522 g/mol. The van der Waals surface area contributed by atoms with Crippen LogP contribution in [0.15, 0.2) is 0 Å². The summed E-state index contributed by atoms with van der Waals surface area (Å²) in [5.41, 5.74) is 0. The van der Waals surface area contributed by atoms with Crippen LogP contribution in [0.5, 0.6) is 0 Å². The first-order chi connectivity index (χ1) is 2.00. The van der Waals surface area contributed by atoms with Gasteiger partial charge in [-0.1, -0.05) is 0 Å². The predicted molar refractivity (Wildman–Crippen MR) is 35.5 cm³/mol. The third-order valence-corrected chi connectivity index (χ3v) is 0. The second-order valence-electron chi connectivity index (χ2n) is 0.448. The molecule has 0 heterocycles. The van der Waals surface area contributed by atoms with Gasteiger partial charge in [-0.2, -0.15) is 0 Å². The molecule has 0 aromatic carbocycles. The number of hydrogen-bond acceptors (Lipinski definition) is 2. The van der Waals surface area contributed by atoms with Crippen LogP contribution in [0.2, 0.25) is 0 Å². The van der Waals surface area contributed by atoms with Gasteiger partial charge < -0.3 is 1.43 Å². The minimum atomic E-state index is -3.73. The van der Waals surface area contributed by atoms with E-state index in [1.54, 1.807) is 0 Å². The minimum absolute atomic E-state index is 0. The summed E-state index contributed by atoms with van der Waals surface area (Å²) in [7, 11) is -3.73. The fourth-order valence-electron chi connectivity index (χ4n) is 0. The molecular formula is H6AgCuGaInLiO3SSe. The van der Waals surface area contributed by atoms with Crippen LogP contribution in [0.4, 0.5) is 0 Å². The van der Waals surface area contributed by atoms with Crippen LogP contribution in [-0.4, -0.2) is 73.5 Å². The van der Waals surface area contributed by atoms with Crippen molar-refractivity contribution < 1.29 is 72.7 Å². The molecule has 0 aliphatic carbocycles. The Bertz CT molecular complexity index is 117. The Balaban J connectivity index is -0.00000000533. The van der Waals surface area contributed by atoms with Crippen molar-refractivity contribution in [2.24, 2.45) is 0 Å². The van der Waals surface area contributed by atoms with Crippen molar-refractivity contribution in [3.8, 4) is 0 Å². The zero-order valence-electron chi connectivity index (χ0n) is 5.30. The van der Waals surface area contributed by atoms with Crippen molar-refractivity contribution in [2.45, 2.75) is 0 Å². The minimum Gasteiger partial charge on any atom is -1.00 e. The molecule has 5 radical (unpaired) electrons. The van der Waals surface area contributed by atoms with Gasteiger partial charge in [0.2, 0.25) is 0 Å². The second-order valence-corrected chi connectivity index (χ2v) is 4.25. The first-order valence-corrected chi connectivity index (χ1v) is 4.39. The molecule has 0 fully saturated rings. The molecule has 10 heavy (non-hydrogen) atoms. The molecule has 0 bridgehead atoms. The molecule has 0 unspecified atom stereocenters. The Labute approximate surface area is 139 Å². The first-order valence-electron chi connectivity index (χ1n) is 0.698. The molecule has 0 aliphatic heterocycles. The van der Waals surface area contributed by atoms with E-state index in [1.165, 1.54) is 0 Å². The van der Waals surface area contributed by atoms with Crippen molar-refractivity contribution >= 4 is 69.1 Å².